The fraction of sp³-hybridized carbons (Fsp3) is 0.500. The molecule has 110 valence electrons. The van der Waals surface area contributed by atoms with Crippen LogP contribution in [0.1, 0.15) is 39.2 Å². The maximum Gasteiger partial charge on any atom is 0.242 e. The molecule has 0 amide bonds. The van der Waals surface area contributed by atoms with Crippen molar-refractivity contribution in [3.8, 4) is 6.07 Å². The van der Waals surface area contributed by atoms with Gasteiger partial charge in [0, 0.05) is 11.7 Å². The van der Waals surface area contributed by atoms with E-state index >= 15 is 0 Å². The lowest BCUT2D eigenvalue weighted by atomic mass is 10.0. The Kier molecular flexibility index (Phi) is 5.54. The zero-order valence-corrected chi connectivity index (χ0v) is 12.9. The van der Waals surface area contributed by atoms with Crippen LogP contribution in [0.4, 0.5) is 5.69 Å². The van der Waals surface area contributed by atoms with Gasteiger partial charge in [0.05, 0.1) is 10.5 Å². The third-order valence-corrected chi connectivity index (χ3v) is 4.87. The van der Waals surface area contributed by atoms with Crippen LogP contribution in [-0.2, 0) is 10.0 Å². The SMILES string of the molecule is CCC(C)CC(C)NS(=O)(=O)c1ccc(N)cc1C#N. The molecule has 0 aliphatic carbocycles. The summed E-state index contributed by atoms with van der Waals surface area (Å²) in [6, 6.07) is 5.90. The molecule has 0 aromatic heterocycles. The number of benzene rings is 1. The Bertz CT molecular complexity index is 605. The van der Waals surface area contributed by atoms with Crippen LogP contribution in [0.5, 0.6) is 0 Å². The highest BCUT2D eigenvalue weighted by Gasteiger charge is 2.21. The predicted molar refractivity (Wildman–Crippen MR) is 79.4 cm³/mol. The molecule has 20 heavy (non-hydrogen) atoms. The molecule has 0 spiro atoms. The van der Waals surface area contributed by atoms with Crippen LogP contribution >= 0.6 is 0 Å². The third-order valence-electron chi connectivity index (χ3n) is 3.22. The fourth-order valence-corrected chi connectivity index (χ4v) is 3.41. The molecule has 0 aliphatic heterocycles. The largest absolute Gasteiger partial charge is 0.399 e. The molecule has 0 saturated heterocycles. The summed E-state index contributed by atoms with van der Waals surface area (Å²) in [4.78, 5) is -0.0230. The number of hydrogen-bond donors (Lipinski definition) is 2. The van der Waals surface area contributed by atoms with Crippen LogP contribution in [0.3, 0.4) is 0 Å². The summed E-state index contributed by atoms with van der Waals surface area (Å²) in [7, 11) is -3.70. The summed E-state index contributed by atoms with van der Waals surface area (Å²) in [5.74, 6) is 0.439. The number of nitrogens with zero attached hydrogens (tertiary/aromatic N) is 1. The van der Waals surface area contributed by atoms with Crippen molar-refractivity contribution < 1.29 is 8.42 Å². The second-order valence-corrected chi connectivity index (χ2v) is 6.82. The van der Waals surface area contributed by atoms with Crippen molar-refractivity contribution in [1.29, 1.82) is 5.26 Å². The van der Waals surface area contributed by atoms with Crippen LogP contribution in [-0.4, -0.2) is 14.5 Å². The molecular weight excluding hydrogens is 274 g/mol. The minimum Gasteiger partial charge on any atom is -0.399 e. The Morgan fingerprint density at radius 3 is 2.60 bits per heavy atom. The molecule has 2 unspecified atom stereocenters. The Morgan fingerprint density at radius 1 is 1.40 bits per heavy atom. The predicted octanol–water partition coefficient (Wildman–Crippen LogP) is 2.24. The van der Waals surface area contributed by atoms with Crippen LogP contribution in [0.15, 0.2) is 23.1 Å². The second-order valence-electron chi connectivity index (χ2n) is 5.14. The van der Waals surface area contributed by atoms with Crippen molar-refractivity contribution in [1.82, 2.24) is 4.72 Å². The Hall–Kier alpha value is -1.58. The van der Waals surface area contributed by atoms with Gasteiger partial charge in [-0.25, -0.2) is 13.1 Å². The molecule has 0 aliphatic rings. The maximum atomic E-state index is 12.3. The first-order chi connectivity index (χ1) is 9.30. The van der Waals surface area contributed by atoms with E-state index in [9.17, 15) is 8.42 Å². The van der Waals surface area contributed by atoms with E-state index in [0.29, 0.717) is 11.6 Å². The molecule has 0 radical (unpaired) electrons. The summed E-state index contributed by atoms with van der Waals surface area (Å²) in [5.41, 5.74) is 6.00. The minimum absolute atomic E-state index is 0.0230. The van der Waals surface area contributed by atoms with Crippen molar-refractivity contribution in [3.63, 3.8) is 0 Å². The highest BCUT2D eigenvalue weighted by atomic mass is 32.2. The van der Waals surface area contributed by atoms with Gasteiger partial charge in [-0.05, 0) is 37.5 Å². The van der Waals surface area contributed by atoms with Gasteiger partial charge in [0.2, 0.25) is 10.0 Å². The van der Waals surface area contributed by atoms with E-state index < -0.39 is 10.0 Å². The van der Waals surface area contributed by atoms with E-state index in [1.54, 1.807) is 0 Å². The average molecular weight is 295 g/mol. The van der Waals surface area contributed by atoms with Crippen molar-refractivity contribution in [2.45, 2.75) is 44.6 Å². The van der Waals surface area contributed by atoms with Gasteiger partial charge in [-0.3, -0.25) is 0 Å². The molecular formula is C14H21N3O2S. The molecule has 5 nitrogen and oxygen atoms in total. The van der Waals surface area contributed by atoms with Gasteiger partial charge in [-0.15, -0.1) is 0 Å². The lowest BCUT2D eigenvalue weighted by Gasteiger charge is -2.18. The summed E-state index contributed by atoms with van der Waals surface area (Å²) < 4.78 is 27.2. The number of nitrogens with two attached hydrogens (primary N) is 1. The van der Waals surface area contributed by atoms with E-state index in [4.69, 9.17) is 11.0 Å². The zero-order valence-electron chi connectivity index (χ0n) is 12.1. The Balaban J connectivity index is 2.98. The van der Waals surface area contributed by atoms with Crippen LogP contribution in [0, 0.1) is 17.2 Å². The Morgan fingerprint density at radius 2 is 2.05 bits per heavy atom. The number of nitrogen functional groups attached to an aromatic ring is 1. The molecule has 6 heteroatoms. The summed E-state index contributed by atoms with van der Waals surface area (Å²) in [6.45, 7) is 5.97. The van der Waals surface area contributed by atoms with E-state index in [2.05, 4.69) is 18.6 Å². The summed E-state index contributed by atoms with van der Waals surface area (Å²) in [6.07, 6.45) is 1.75. The number of rotatable bonds is 6. The van der Waals surface area contributed by atoms with Crippen LogP contribution in [0.25, 0.3) is 0 Å². The standard InChI is InChI=1S/C14H21N3O2S/c1-4-10(2)7-11(3)17-20(18,19)14-6-5-13(16)8-12(14)9-15/h5-6,8,10-11,17H,4,7,16H2,1-3H3. The van der Waals surface area contributed by atoms with Gasteiger partial charge in [0.15, 0.2) is 0 Å². The smallest absolute Gasteiger partial charge is 0.242 e. The van der Waals surface area contributed by atoms with Gasteiger partial charge in [0.1, 0.15) is 6.07 Å². The van der Waals surface area contributed by atoms with E-state index in [-0.39, 0.29) is 16.5 Å². The fourth-order valence-electron chi connectivity index (χ4n) is 2.02. The number of nitriles is 1. The highest BCUT2D eigenvalue weighted by molar-refractivity contribution is 7.89. The molecule has 1 aromatic rings. The molecule has 1 rings (SSSR count). The van der Waals surface area contributed by atoms with Gasteiger partial charge in [-0.2, -0.15) is 5.26 Å². The minimum atomic E-state index is -3.70. The molecule has 3 N–H and O–H groups in total. The van der Waals surface area contributed by atoms with Gasteiger partial charge in [-0.1, -0.05) is 20.3 Å². The topological polar surface area (TPSA) is 96.0 Å². The van der Waals surface area contributed by atoms with Crippen molar-refractivity contribution >= 4 is 15.7 Å². The number of anilines is 1. The van der Waals surface area contributed by atoms with E-state index in [1.807, 2.05) is 13.0 Å². The first kappa shape index (κ1) is 16.5. The van der Waals surface area contributed by atoms with E-state index in [0.717, 1.165) is 12.8 Å². The second kappa shape index (κ2) is 6.73. The summed E-state index contributed by atoms with van der Waals surface area (Å²) >= 11 is 0. The Labute approximate surface area is 120 Å². The third kappa shape index (κ3) is 4.22. The zero-order chi connectivity index (χ0) is 15.3. The molecule has 1 aromatic carbocycles. The molecule has 0 heterocycles. The normalized spacial score (nSPS) is 14.5. The van der Waals surface area contributed by atoms with Crippen molar-refractivity contribution in [2.75, 3.05) is 5.73 Å². The molecule has 0 fully saturated rings. The first-order valence-corrected chi connectivity index (χ1v) is 8.10. The molecule has 0 bridgehead atoms. The number of nitrogens with one attached hydrogen (secondary N) is 1. The lowest BCUT2D eigenvalue weighted by Crippen LogP contribution is -2.34. The number of sulfonamides is 1. The number of hydrogen-bond acceptors (Lipinski definition) is 4. The van der Waals surface area contributed by atoms with Crippen molar-refractivity contribution in [3.05, 3.63) is 23.8 Å². The van der Waals surface area contributed by atoms with Gasteiger partial charge >= 0.3 is 0 Å². The monoisotopic (exact) mass is 295 g/mol. The van der Waals surface area contributed by atoms with Gasteiger partial charge in [0.25, 0.3) is 0 Å². The molecule has 0 saturated carbocycles. The average Bonchev–Trinajstić information content (AvgIpc) is 2.37. The van der Waals surface area contributed by atoms with Crippen LogP contribution < -0.4 is 10.5 Å². The van der Waals surface area contributed by atoms with E-state index in [1.165, 1.54) is 18.2 Å². The van der Waals surface area contributed by atoms with Gasteiger partial charge < -0.3 is 5.73 Å². The molecule has 2 atom stereocenters. The summed E-state index contributed by atoms with van der Waals surface area (Å²) in [5, 5.41) is 9.03. The van der Waals surface area contributed by atoms with Crippen molar-refractivity contribution in [2.24, 2.45) is 5.92 Å². The first-order valence-electron chi connectivity index (χ1n) is 6.62. The highest BCUT2D eigenvalue weighted by Crippen LogP contribution is 2.19. The maximum absolute atomic E-state index is 12.3. The quantitative estimate of drug-likeness (QED) is 0.787. The van der Waals surface area contributed by atoms with Crippen LogP contribution in [0.2, 0.25) is 0 Å². The lowest BCUT2D eigenvalue weighted by molar-refractivity contribution is 0.445.